The summed E-state index contributed by atoms with van der Waals surface area (Å²) in [4.78, 5) is 15.1. The zero-order valence-electron chi connectivity index (χ0n) is 19.3. The maximum absolute atomic E-state index is 12.7. The van der Waals surface area contributed by atoms with Crippen LogP contribution in [-0.2, 0) is 22.6 Å². The Morgan fingerprint density at radius 1 is 0.943 bits per heavy atom. The fourth-order valence-corrected chi connectivity index (χ4v) is 4.78. The number of ether oxygens (including phenoxy) is 1. The Labute approximate surface area is 208 Å². The molecule has 9 heteroatoms. The summed E-state index contributed by atoms with van der Waals surface area (Å²) in [6.45, 7) is 4.75. The lowest BCUT2D eigenvalue weighted by molar-refractivity contribution is -0.118. The Hall–Kier alpha value is -3.40. The minimum atomic E-state index is -0.0571. The van der Waals surface area contributed by atoms with E-state index in [0.717, 1.165) is 44.1 Å². The van der Waals surface area contributed by atoms with E-state index in [2.05, 4.69) is 32.5 Å². The van der Waals surface area contributed by atoms with Crippen LogP contribution in [0.4, 0.5) is 0 Å². The van der Waals surface area contributed by atoms with E-state index in [1.165, 1.54) is 17.3 Å². The average molecular weight is 490 g/mol. The molecule has 2 aromatic heterocycles. The van der Waals surface area contributed by atoms with Gasteiger partial charge >= 0.3 is 0 Å². The molecule has 0 saturated carbocycles. The quantitative estimate of drug-likeness (QED) is 0.358. The van der Waals surface area contributed by atoms with Crippen LogP contribution in [0.1, 0.15) is 11.1 Å². The normalized spacial score (nSPS) is 14.2. The second kappa shape index (κ2) is 11.4. The fraction of sp³-hybridized carbons (Fsp3) is 0.269. The molecule has 1 amide bonds. The molecule has 180 valence electrons. The van der Waals surface area contributed by atoms with Gasteiger partial charge in [-0.2, -0.15) is 0 Å². The van der Waals surface area contributed by atoms with Crippen molar-refractivity contribution in [1.82, 2.24) is 25.0 Å². The zero-order valence-corrected chi connectivity index (χ0v) is 20.1. The largest absolute Gasteiger partial charge is 0.461 e. The van der Waals surface area contributed by atoms with Crippen LogP contribution in [0.25, 0.3) is 17.3 Å². The van der Waals surface area contributed by atoms with Crippen molar-refractivity contribution < 1.29 is 13.9 Å². The van der Waals surface area contributed by atoms with Gasteiger partial charge in [0, 0.05) is 31.9 Å². The summed E-state index contributed by atoms with van der Waals surface area (Å²) < 4.78 is 12.9. The van der Waals surface area contributed by atoms with Crippen LogP contribution in [0.2, 0.25) is 0 Å². The molecule has 1 fully saturated rings. The Morgan fingerprint density at radius 3 is 2.49 bits per heavy atom. The van der Waals surface area contributed by atoms with Gasteiger partial charge in [0.15, 0.2) is 10.9 Å². The van der Waals surface area contributed by atoms with Crippen LogP contribution in [0, 0.1) is 0 Å². The van der Waals surface area contributed by atoms with Gasteiger partial charge in [-0.1, -0.05) is 54.2 Å². The predicted octanol–water partition coefficient (Wildman–Crippen LogP) is 3.77. The molecule has 0 spiro atoms. The fourth-order valence-electron chi connectivity index (χ4n) is 4.00. The third-order valence-electron chi connectivity index (χ3n) is 5.81. The number of hydrogen-bond donors (Lipinski definition) is 1. The Kier molecular flexibility index (Phi) is 7.57. The van der Waals surface area contributed by atoms with Crippen LogP contribution >= 0.6 is 11.8 Å². The molecule has 0 aliphatic carbocycles. The molecule has 4 aromatic rings. The highest BCUT2D eigenvalue weighted by molar-refractivity contribution is 7.99. The van der Waals surface area contributed by atoms with Crippen LogP contribution in [0.5, 0.6) is 0 Å². The number of nitrogens with one attached hydrogen (secondary N) is 1. The molecule has 5 rings (SSSR count). The number of carbonyl (C=O) groups excluding carboxylic acids is 1. The van der Waals surface area contributed by atoms with E-state index in [0.29, 0.717) is 23.3 Å². The number of hydrogen-bond acceptors (Lipinski definition) is 7. The summed E-state index contributed by atoms with van der Waals surface area (Å²) in [5.41, 5.74) is 3.27. The van der Waals surface area contributed by atoms with Gasteiger partial charge in [0.05, 0.1) is 25.2 Å². The summed E-state index contributed by atoms with van der Waals surface area (Å²) in [6.07, 6.45) is 1.61. The summed E-state index contributed by atoms with van der Waals surface area (Å²) in [6, 6.07) is 21.7. The SMILES string of the molecule is O=C(CSc1nnc(-c2ccco2)n1-c1ccccc1)NCc1ccccc1CN1CCOCC1. The highest BCUT2D eigenvalue weighted by atomic mass is 32.2. The van der Waals surface area contributed by atoms with Gasteiger partial charge < -0.3 is 14.5 Å². The van der Waals surface area contributed by atoms with Gasteiger partial charge in [-0.25, -0.2) is 0 Å². The first-order valence-corrected chi connectivity index (χ1v) is 12.6. The number of nitrogens with zero attached hydrogens (tertiary/aromatic N) is 4. The summed E-state index contributed by atoms with van der Waals surface area (Å²) in [7, 11) is 0. The Bertz CT molecular complexity index is 1240. The van der Waals surface area contributed by atoms with E-state index >= 15 is 0 Å². The highest BCUT2D eigenvalue weighted by Gasteiger charge is 2.19. The van der Waals surface area contributed by atoms with Crippen molar-refractivity contribution in [2.75, 3.05) is 32.1 Å². The smallest absolute Gasteiger partial charge is 0.230 e. The van der Waals surface area contributed by atoms with Crippen LogP contribution in [0.3, 0.4) is 0 Å². The van der Waals surface area contributed by atoms with E-state index in [9.17, 15) is 4.79 Å². The summed E-state index contributed by atoms with van der Waals surface area (Å²) in [5, 5.41) is 12.4. The first-order chi connectivity index (χ1) is 17.3. The number of rotatable bonds is 9. The third-order valence-corrected chi connectivity index (χ3v) is 6.74. The maximum atomic E-state index is 12.7. The molecule has 0 unspecified atom stereocenters. The van der Waals surface area contributed by atoms with Crippen molar-refractivity contribution in [2.45, 2.75) is 18.2 Å². The second-order valence-electron chi connectivity index (χ2n) is 8.18. The number of benzene rings is 2. The molecular formula is C26H27N5O3S. The molecule has 0 bridgehead atoms. The van der Waals surface area contributed by atoms with Crippen LogP contribution in [-0.4, -0.2) is 57.6 Å². The molecule has 3 heterocycles. The van der Waals surface area contributed by atoms with Crippen LogP contribution < -0.4 is 5.32 Å². The Morgan fingerprint density at radius 2 is 1.71 bits per heavy atom. The van der Waals surface area contributed by atoms with Gasteiger partial charge in [-0.05, 0) is 35.4 Å². The standard InChI is InChI=1S/C26H27N5O3S/c32-24(27-17-20-7-4-5-8-21(20)18-30-12-15-33-16-13-30)19-35-26-29-28-25(23-11-6-14-34-23)31(26)22-9-2-1-3-10-22/h1-11,14H,12-13,15-19H2,(H,27,32). The first kappa shape index (κ1) is 23.3. The number of morpholine rings is 1. The lowest BCUT2D eigenvalue weighted by Crippen LogP contribution is -2.36. The monoisotopic (exact) mass is 489 g/mol. The van der Waals surface area contributed by atoms with E-state index in [4.69, 9.17) is 9.15 Å². The average Bonchev–Trinajstić information content (AvgIpc) is 3.58. The van der Waals surface area contributed by atoms with Gasteiger partial charge in [-0.15, -0.1) is 10.2 Å². The molecular weight excluding hydrogens is 462 g/mol. The minimum absolute atomic E-state index is 0.0571. The number of furan rings is 1. The number of thioether (sulfide) groups is 1. The van der Waals surface area contributed by atoms with E-state index in [1.54, 1.807) is 6.26 Å². The highest BCUT2D eigenvalue weighted by Crippen LogP contribution is 2.28. The summed E-state index contributed by atoms with van der Waals surface area (Å²) >= 11 is 1.35. The molecule has 1 aliphatic heterocycles. The van der Waals surface area contributed by atoms with Crippen molar-refractivity contribution in [3.8, 4) is 17.3 Å². The van der Waals surface area contributed by atoms with Crippen molar-refractivity contribution >= 4 is 17.7 Å². The van der Waals surface area contributed by atoms with Crippen molar-refractivity contribution in [2.24, 2.45) is 0 Å². The van der Waals surface area contributed by atoms with Gasteiger partial charge in [0.1, 0.15) is 0 Å². The van der Waals surface area contributed by atoms with E-state index in [1.807, 2.05) is 59.2 Å². The third kappa shape index (κ3) is 5.82. The van der Waals surface area contributed by atoms with Gasteiger partial charge in [0.2, 0.25) is 11.7 Å². The lowest BCUT2D eigenvalue weighted by Gasteiger charge is -2.27. The predicted molar refractivity (Wildman–Crippen MR) is 134 cm³/mol. The molecule has 1 N–H and O–H groups in total. The topological polar surface area (TPSA) is 85.4 Å². The van der Waals surface area contributed by atoms with E-state index < -0.39 is 0 Å². The molecule has 0 atom stereocenters. The van der Waals surface area contributed by atoms with Gasteiger partial charge in [0.25, 0.3) is 0 Å². The number of carbonyl (C=O) groups is 1. The molecule has 8 nitrogen and oxygen atoms in total. The molecule has 1 aliphatic rings. The van der Waals surface area contributed by atoms with Gasteiger partial charge in [-0.3, -0.25) is 14.3 Å². The maximum Gasteiger partial charge on any atom is 0.230 e. The molecule has 0 radical (unpaired) electrons. The number of amides is 1. The van der Waals surface area contributed by atoms with Crippen molar-refractivity contribution in [3.63, 3.8) is 0 Å². The first-order valence-electron chi connectivity index (χ1n) is 11.6. The number of para-hydroxylation sites is 1. The van der Waals surface area contributed by atoms with Crippen molar-refractivity contribution in [1.29, 1.82) is 0 Å². The number of aromatic nitrogens is 3. The van der Waals surface area contributed by atoms with E-state index in [-0.39, 0.29) is 11.7 Å². The summed E-state index contributed by atoms with van der Waals surface area (Å²) in [5.74, 6) is 1.39. The lowest BCUT2D eigenvalue weighted by atomic mass is 10.1. The minimum Gasteiger partial charge on any atom is -0.461 e. The Balaban J connectivity index is 1.23. The second-order valence-corrected chi connectivity index (χ2v) is 9.12. The van der Waals surface area contributed by atoms with Crippen LogP contribution in [0.15, 0.2) is 82.6 Å². The van der Waals surface area contributed by atoms with Crippen molar-refractivity contribution in [3.05, 3.63) is 84.1 Å². The molecule has 2 aromatic carbocycles. The molecule has 35 heavy (non-hydrogen) atoms. The molecule has 1 saturated heterocycles. The zero-order chi connectivity index (χ0) is 23.9.